The number of aromatic amines is 1. The quantitative estimate of drug-likeness (QED) is 0.768. The number of H-pyrrole nitrogens is 1. The number of methoxy groups -OCH3 is 1. The lowest BCUT2D eigenvalue weighted by Gasteiger charge is -2.26. The molecule has 0 aliphatic carbocycles. The molecule has 0 spiro atoms. The molecule has 0 atom stereocenters. The SMILES string of the molecule is COc1ccc2[nH]cc(C3=CCN(C(=O)Cc4cccs4)CC3)c2c1. The molecule has 0 saturated heterocycles. The van der Waals surface area contributed by atoms with Crippen molar-refractivity contribution in [2.75, 3.05) is 20.2 Å². The van der Waals surface area contributed by atoms with E-state index in [1.807, 2.05) is 34.5 Å². The molecule has 25 heavy (non-hydrogen) atoms. The fourth-order valence-electron chi connectivity index (χ4n) is 3.31. The largest absolute Gasteiger partial charge is 0.497 e. The molecule has 4 nitrogen and oxygen atoms in total. The molecule has 3 heterocycles. The van der Waals surface area contributed by atoms with Crippen LogP contribution >= 0.6 is 11.3 Å². The van der Waals surface area contributed by atoms with Gasteiger partial charge < -0.3 is 14.6 Å². The van der Waals surface area contributed by atoms with Gasteiger partial charge in [0.15, 0.2) is 0 Å². The zero-order chi connectivity index (χ0) is 17.2. The van der Waals surface area contributed by atoms with Crippen LogP contribution < -0.4 is 4.74 Å². The number of benzene rings is 1. The molecule has 2 aromatic heterocycles. The Morgan fingerprint density at radius 1 is 1.36 bits per heavy atom. The van der Waals surface area contributed by atoms with Gasteiger partial charge in [-0.15, -0.1) is 11.3 Å². The van der Waals surface area contributed by atoms with E-state index >= 15 is 0 Å². The summed E-state index contributed by atoms with van der Waals surface area (Å²) in [6.07, 6.45) is 5.61. The fourth-order valence-corrected chi connectivity index (χ4v) is 4.00. The van der Waals surface area contributed by atoms with E-state index in [0.29, 0.717) is 13.0 Å². The van der Waals surface area contributed by atoms with E-state index in [1.54, 1.807) is 18.4 Å². The minimum atomic E-state index is 0.207. The predicted octanol–water partition coefficient (Wildman–Crippen LogP) is 4.10. The molecule has 0 fully saturated rings. The summed E-state index contributed by atoms with van der Waals surface area (Å²) in [7, 11) is 1.68. The van der Waals surface area contributed by atoms with Gasteiger partial charge >= 0.3 is 0 Å². The van der Waals surface area contributed by atoms with Gasteiger partial charge in [0.2, 0.25) is 5.91 Å². The van der Waals surface area contributed by atoms with Gasteiger partial charge in [0.25, 0.3) is 0 Å². The highest BCUT2D eigenvalue weighted by molar-refractivity contribution is 7.10. The second-order valence-corrected chi connectivity index (χ2v) is 7.22. The molecule has 0 saturated carbocycles. The average molecular weight is 352 g/mol. The second-order valence-electron chi connectivity index (χ2n) is 6.19. The number of amides is 1. The maximum Gasteiger partial charge on any atom is 0.228 e. The molecular formula is C20H20N2O2S. The minimum absolute atomic E-state index is 0.207. The van der Waals surface area contributed by atoms with E-state index in [1.165, 1.54) is 16.5 Å². The molecule has 1 aliphatic rings. The van der Waals surface area contributed by atoms with Crippen LogP contribution in [0.2, 0.25) is 0 Å². The third-order valence-electron chi connectivity index (χ3n) is 4.70. The molecule has 1 amide bonds. The monoisotopic (exact) mass is 352 g/mol. The first kappa shape index (κ1) is 16.0. The number of nitrogens with zero attached hydrogens (tertiary/aromatic N) is 1. The van der Waals surface area contributed by atoms with Gasteiger partial charge in [0.1, 0.15) is 5.75 Å². The van der Waals surface area contributed by atoms with E-state index in [0.717, 1.165) is 29.1 Å². The van der Waals surface area contributed by atoms with Crippen molar-refractivity contribution >= 4 is 33.7 Å². The Balaban J connectivity index is 1.52. The smallest absolute Gasteiger partial charge is 0.228 e. The number of nitrogens with one attached hydrogen (secondary N) is 1. The second kappa shape index (κ2) is 6.76. The maximum atomic E-state index is 12.4. The van der Waals surface area contributed by atoms with Crippen molar-refractivity contribution in [3.05, 3.63) is 58.4 Å². The zero-order valence-corrected chi connectivity index (χ0v) is 14.9. The van der Waals surface area contributed by atoms with Crippen LogP contribution in [0.15, 0.2) is 48.0 Å². The molecule has 0 unspecified atom stereocenters. The first-order valence-corrected chi connectivity index (χ1v) is 9.27. The van der Waals surface area contributed by atoms with E-state index in [9.17, 15) is 4.79 Å². The summed E-state index contributed by atoms with van der Waals surface area (Å²) in [6.45, 7) is 1.45. The molecule has 1 aliphatic heterocycles. The topological polar surface area (TPSA) is 45.3 Å². The molecule has 5 heteroatoms. The number of hydrogen-bond acceptors (Lipinski definition) is 3. The Morgan fingerprint density at radius 2 is 2.28 bits per heavy atom. The highest BCUT2D eigenvalue weighted by Crippen LogP contribution is 2.31. The van der Waals surface area contributed by atoms with Crippen LogP contribution in [0.25, 0.3) is 16.5 Å². The Bertz CT molecular complexity index is 924. The van der Waals surface area contributed by atoms with Crippen molar-refractivity contribution in [3.63, 3.8) is 0 Å². The van der Waals surface area contributed by atoms with Crippen molar-refractivity contribution in [2.24, 2.45) is 0 Å². The normalized spacial score (nSPS) is 14.6. The number of fused-ring (bicyclic) bond motifs is 1. The lowest BCUT2D eigenvalue weighted by Crippen LogP contribution is -2.35. The number of aromatic nitrogens is 1. The summed E-state index contributed by atoms with van der Waals surface area (Å²) < 4.78 is 5.35. The number of carbonyl (C=O) groups excluding carboxylic acids is 1. The summed E-state index contributed by atoms with van der Waals surface area (Å²) in [4.78, 5) is 18.8. The van der Waals surface area contributed by atoms with Crippen molar-refractivity contribution in [3.8, 4) is 5.75 Å². The van der Waals surface area contributed by atoms with Crippen LogP contribution in [0, 0.1) is 0 Å². The molecule has 0 radical (unpaired) electrons. The van der Waals surface area contributed by atoms with Gasteiger partial charge in [0.05, 0.1) is 13.5 Å². The Labute approximate surface area is 150 Å². The van der Waals surface area contributed by atoms with Gasteiger partial charge in [-0.25, -0.2) is 0 Å². The number of rotatable bonds is 4. The summed E-state index contributed by atoms with van der Waals surface area (Å²) in [6, 6.07) is 10.1. The molecule has 0 bridgehead atoms. The van der Waals surface area contributed by atoms with Crippen LogP contribution in [0.3, 0.4) is 0 Å². The number of carbonyl (C=O) groups is 1. The lowest BCUT2D eigenvalue weighted by atomic mass is 9.98. The fraction of sp³-hybridized carbons (Fsp3) is 0.250. The van der Waals surface area contributed by atoms with Crippen molar-refractivity contribution in [1.29, 1.82) is 0 Å². The standard InChI is InChI=1S/C20H20N2O2S/c1-24-15-4-5-19-17(11-15)18(13-21-19)14-6-8-22(9-7-14)20(23)12-16-3-2-10-25-16/h2-6,10-11,13,21H,7-9,12H2,1H3. The summed E-state index contributed by atoms with van der Waals surface area (Å²) in [5.41, 5.74) is 3.60. The van der Waals surface area contributed by atoms with Crippen molar-refractivity contribution < 1.29 is 9.53 Å². The summed E-state index contributed by atoms with van der Waals surface area (Å²) >= 11 is 1.64. The molecule has 1 N–H and O–H groups in total. The summed E-state index contributed by atoms with van der Waals surface area (Å²) in [5, 5.41) is 3.19. The molecule has 128 valence electrons. The highest BCUT2D eigenvalue weighted by Gasteiger charge is 2.20. The predicted molar refractivity (Wildman–Crippen MR) is 102 cm³/mol. The van der Waals surface area contributed by atoms with Gasteiger partial charge in [0, 0.05) is 40.6 Å². The average Bonchev–Trinajstić information content (AvgIpc) is 3.30. The Morgan fingerprint density at radius 3 is 3.00 bits per heavy atom. The first-order valence-electron chi connectivity index (χ1n) is 8.39. The van der Waals surface area contributed by atoms with E-state index in [-0.39, 0.29) is 5.91 Å². The molecule has 4 rings (SSSR count). The third-order valence-corrected chi connectivity index (χ3v) is 5.58. The van der Waals surface area contributed by atoms with E-state index < -0.39 is 0 Å². The van der Waals surface area contributed by atoms with Gasteiger partial charge in [-0.1, -0.05) is 12.1 Å². The van der Waals surface area contributed by atoms with Crippen molar-refractivity contribution in [1.82, 2.24) is 9.88 Å². The number of thiophene rings is 1. The van der Waals surface area contributed by atoms with Crippen LogP contribution in [-0.4, -0.2) is 36.0 Å². The van der Waals surface area contributed by atoms with E-state index in [2.05, 4.69) is 23.3 Å². The first-order chi connectivity index (χ1) is 12.2. The molecule has 1 aromatic carbocycles. The lowest BCUT2D eigenvalue weighted by molar-refractivity contribution is -0.130. The van der Waals surface area contributed by atoms with E-state index in [4.69, 9.17) is 4.74 Å². The number of hydrogen-bond donors (Lipinski definition) is 1. The Kier molecular flexibility index (Phi) is 4.32. The van der Waals surface area contributed by atoms with Gasteiger partial charge in [-0.3, -0.25) is 4.79 Å². The third kappa shape index (κ3) is 3.20. The Hall–Kier alpha value is -2.53. The van der Waals surface area contributed by atoms with Gasteiger partial charge in [-0.05, 0) is 41.6 Å². The maximum absolute atomic E-state index is 12.4. The van der Waals surface area contributed by atoms with Crippen LogP contribution in [0.1, 0.15) is 16.9 Å². The summed E-state index contributed by atoms with van der Waals surface area (Å²) in [5.74, 6) is 1.07. The molecular weight excluding hydrogens is 332 g/mol. The molecule has 3 aromatic rings. The highest BCUT2D eigenvalue weighted by atomic mass is 32.1. The van der Waals surface area contributed by atoms with Crippen molar-refractivity contribution in [2.45, 2.75) is 12.8 Å². The van der Waals surface area contributed by atoms with Crippen LogP contribution in [0.4, 0.5) is 0 Å². The van der Waals surface area contributed by atoms with Crippen LogP contribution in [0.5, 0.6) is 5.75 Å². The van der Waals surface area contributed by atoms with Crippen LogP contribution in [-0.2, 0) is 11.2 Å². The zero-order valence-electron chi connectivity index (χ0n) is 14.1. The minimum Gasteiger partial charge on any atom is -0.497 e. The van der Waals surface area contributed by atoms with Gasteiger partial charge in [-0.2, -0.15) is 0 Å². The number of ether oxygens (including phenoxy) is 1.